The van der Waals surface area contributed by atoms with Crippen molar-refractivity contribution in [2.24, 2.45) is 0 Å². The summed E-state index contributed by atoms with van der Waals surface area (Å²) in [4.78, 5) is 8.32. The van der Waals surface area contributed by atoms with E-state index in [1.165, 1.54) is 4.90 Å². The van der Waals surface area contributed by atoms with Crippen molar-refractivity contribution in [3.05, 3.63) is 0 Å². The van der Waals surface area contributed by atoms with Crippen molar-refractivity contribution in [2.75, 3.05) is 78.5 Å². The molecule has 0 aromatic rings. The van der Waals surface area contributed by atoms with E-state index in [2.05, 4.69) is 14.7 Å². The molecular weight excluding hydrogens is 312 g/mol. The number of quaternary nitrogens is 1. The number of hydrogen-bond donors (Lipinski definition) is 5. The van der Waals surface area contributed by atoms with Gasteiger partial charge in [-0.2, -0.15) is 0 Å². The minimum atomic E-state index is -1.27. The fourth-order valence-electron chi connectivity index (χ4n) is 3.74. The van der Waals surface area contributed by atoms with Gasteiger partial charge in [-0.25, -0.2) is 0 Å². The van der Waals surface area contributed by atoms with Crippen LogP contribution in [0.4, 0.5) is 0 Å². The highest BCUT2D eigenvalue weighted by Crippen LogP contribution is 2.03. The zero-order valence-electron chi connectivity index (χ0n) is 14.7. The number of nitrogens with one attached hydrogen (secondary N) is 1. The number of β-amino-alcohol motifs (C(OH)–C–C–N with tert-alkyl or cyclic N) is 2. The Morgan fingerprint density at radius 2 is 1.33 bits per heavy atom. The van der Waals surface area contributed by atoms with E-state index in [1.807, 2.05) is 0 Å². The number of rotatable bonds is 4. The Morgan fingerprint density at radius 1 is 0.667 bits per heavy atom. The standard InChI is InChI=1S/C16H34N4O4/c21-15(22)13-19-5-1-3-17-7-8-18(10-11-19)4-2-6-20(12-9-17)14-16(23)24/h15-16,21-24H,1-14H2/p+1. The Labute approximate surface area is 144 Å². The molecule has 8 nitrogen and oxygen atoms in total. The maximum absolute atomic E-state index is 9.27. The van der Waals surface area contributed by atoms with Gasteiger partial charge in [0.05, 0.1) is 13.1 Å². The summed E-state index contributed by atoms with van der Waals surface area (Å²) in [5.74, 6) is 0. The van der Waals surface area contributed by atoms with Crippen molar-refractivity contribution in [3.8, 4) is 0 Å². The highest BCUT2D eigenvalue weighted by Gasteiger charge is 2.20. The first-order valence-electron chi connectivity index (χ1n) is 9.26. The lowest BCUT2D eigenvalue weighted by Gasteiger charge is -2.35. The van der Waals surface area contributed by atoms with Crippen LogP contribution in [-0.2, 0) is 0 Å². The molecule has 0 spiro atoms. The van der Waals surface area contributed by atoms with Gasteiger partial charge in [-0.1, -0.05) is 0 Å². The molecule has 5 N–H and O–H groups in total. The predicted molar refractivity (Wildman–Crippen MR) is 90.6 cm³/mol. The Bertz CT molecular complexity index is 314. The summed E-state index contributed by atoms with van der Waals surface area (Å²) < 4.78 is 0. The largest absolute Gasteiger partial charge is 0.367 e. The van der Waals surface area contributed by atoms with Gasteiger partial charge < -0.3 is 30.2 Å². The van der Waals surface area contributed by atoms with Crippen LogP contribution in [0.25, 0.3) is 0 Å². The third-order valence-electron chi connectivity index (χ3n) is 5.09. The van der Waals surface area contributed by atoms with E-state index < -0.39 is 12.6 Å². The molecule has 2 bridgehead atoms. The third kappa shape index (κ3) is 7.71. The first-order chi connectivity index (χ1) is 11.5. The van der Waals surface area contributed by atoms with Gasteiger partial charge in [-0.15, -0.1) is 0 Å². The van der Waals surface area contributed by atoms with E-state index in [0.29, 0.717) is 13.1 Å². The van der Waals surface area contributed by atoms with E-state index in [4.69, 9.17) is 0 Å². The normalized spacial score (nSPS) is 31.5. The van der Waals surface area contributed by atoms with Crippen LogP contribution < -0.4 is 4.90 Å². The van der Waals surface area contributed by atoms with E-state index in [0.717, 1.165) is 78.3 Å². The molecule has 0 saturated carbocycles. The topological polar surface area (TPSA) is 95.1 Å². The molecule has 0 aliphatic carbocycles. The molecule has 24 heavy (non-hydrogen) atoms. The van der Waals surface area contributed by atoms with Crippen LogP contribution in [0, 0.1) is 0 Å². The Hall–Kier alpha value is -0.320. The number of aliphatic hydroxyl groups is 4. The van der Waals surface area contributed by atoms with Gasteiger partial charge in [0.1, 0.15) is 6.54 Å². The van der Waals surface area contributed by atoms with Crippen LogP contribution in [-0.4, -0.2) is 126 Å². The molecule has 8 heteroatoms. The third-order valence-corrected chi connectivity index (χ3v) is 5.09. The molecule has 0 aromatic carbocycles. The summed E-state index contributed by atoms with van der Waals surface area (Å²) in [6.07, 6.45) is -0.432. The molecule has 2 saturated heterocycles. The summed E-state index contributed by atoms with van der Waals surface area (Å²) in [5, 5.41) is 37.1. The fraction of sp³-hybridized carbons (Fsp3) is 1.00. The molecule has 3 unspecified atom stereocenters. The summed E-state index contributed by atoms with van der Waals surface area (Å²) in [6, 6.07) is 0. The SMILES string of the molecule is OC(O)CN1CCCN2CCN(CCC[NH+](CC(O)O)CC2)CC1. The molecule has 142 valence electrons. The van der Waals surface area contributed by atoms with Crippen molar-refractivity contribution >= 4 is 0 Å². The zero-order chi connectivity index (χ0) is 17.4. The second-order valence-electron chi connectivity index (χ2n) is 7.11. The highest BCUT2D eigenvalue weighted by atomic mass is 16.5. The Kier molecular flexibility index (Phi) is 8.85. The summed E-state index contributed by atoms with van der Waals surface area (Å²) in [6.45, 7) is 10.4. The van der Waals surface area contributed by atoms with Crippen molar-refractivity contribution in [3.63, 3.8) is 0 Å². The van der Waals surface area contributed by atoms with E-state index in [-0.39, 0.29) is 0 Å². The van der Waals surface area contributed by atoms with Crippen LogP contribution in [0.3, 0.4) is 0 Å². The van der Waals surface area contributed by atoms with Gasteiger partial charge in [-0.05, 0) is 19.5 Å². The number of nitrogens with zero attached hydrogens (tertiary/aromatic N) is 3. The zero-order valence-corrected chi connectivity index (χ0v) is 14.7. The highest BCUT2D eigenvalue weighted by molar-refractivity contribution is 4.71. The number of hydrogen-bond acceptors (Lipinski definition) is 7. The van der Waals surface area contributed by atoms with Crippen LogP contribution in [0.2, 0.25) is 0 Å². The van der Waals surface area contributed by atoms with E-state index in [9.17, 15) is 20.4 Å². The Morgan fingerprint density at radius 3 is 2.04 bits per heavy atom. The quantitative estimate of drug-likeness (QED) is 0.333. The first kappa shape index (κ1) is 20.0. The molecule has 2 aliphatic heterocycles. The van der Waals surface area contributed by atoms with Crippen molar-refractivity contribution in [1.82, 2.24) is 14.7 Å². The van der Waals surface area contributed by atoms with Crippen LogP contribution in [0.1, 0.15) is 12.8 Å². The van der Waals surface area contributed by atoms with Gasteiger partial charge in [0.15, 0.2) is 6.29 Å². The van der Waals surface area contributed by atoms with Gasteiger partial charge in [0.25, 0.3) is 0 Å². The molecular formula is C16H35N4O4+. The maximum Gasteiger partial charge on any atom is 0.202 e. The van der Waals surface area contributed by atoms with Crippen LogP contribution in [0.5, 0.6) is 0 Å². The average molecular weight is 347 g/mol. The van der Waals surface area contributed by atoms with Crippen molar-refractivity contribution in [1.29, 1.82) is 0 Å². The van der Waals surface area contributed by atoms with Gasteiger partial charge >= 0.3 is 0 Å². The van der Waals surface area contributed by atoms with E-state index in [1.54, 1.807) is 0 Å². The lowest BCUT2D eigenvalue weighted by atomic mass is 10.2. The molecule has 3 atom stereocenters. The summed E-state index contributed by atoms with van der Waals surface area (Å²) in [7, 11) is 0. The van der Waals surface area contributed by atoms with Crippen molar-refractivity contribution in [2.45, 2.75) is 25.4 Å². The van der Waals surface area contributed by atoms with Crippen LogP contribution >= 0.6 is 0 Å². The van der Waals surface area contributed by atoms with Gasteiger partial charge in [0, 0.05) is 52.2 Å². The van der Waals surface area contributed by atoms with Crippen LogP contribution in [0.15, 0.2) is 0 Å². The average Bonchev–Trinajstić information content (AvgIpc) is 2.51. The summed E-state index contributed by atoms with van der Waals surface area (Å²) >= 11 is 0. The fourth-order valence-corrected chi connectivity index (χ4v) is 3.74. The summed E-state index contributed by atoms with van der Waals surface area (Å²) in [5.41, 5.74) is 0. The predicted octanol–water partition coefficient (Wildman–Crippen LogP) is -3.79. The maximum atomic E-state index is 9.27. The Balaban J connectivity index is 1.94. The monoisotopic (exact) mass is 347 g/mol. The molecule has 2 rings (SSSR count). The lowest BCUT2D eigenvalue weighted by molar-refractivity contribution is -0.905. The molecule has 0 amide bonds. The minimum Gasteiger partial charge on any atom is -0.367 e. The lowest BCUT2D eigenvalue weighted by Crippen LogP contribution is -3.14. The van der Waals surface area contributed by atoms with E-state index >= 15 is 0 Å². The molecule has 2 heterocycles. The molecule has 2 aliphatic rings. The number of fused-ring (bicyclic) bond motifs is 3. The minimum absolute atomic E-state index is 0.320. The first-order valence-corrected chi connectivity index (χ1v) is 9.26. The second kappa shape index (κ2) is 10.6. The molecule has 0 radical (unpaired) electrons. The smallest absolute Gasteiger partial charge is 0.202 e. The van der Waals surface area contributed by atoms with Gasteiger partial charge in [-0.3, -0.25) is 9.80 Å². The van der Waals surface area contributed by atoms with Gasteiger partial charge in [0.2, 0.25) is 6.29 Å². The molecule has 2 fully saturated rings. The van der Waals surface area contributed by atoms with Crippen molar-refractivity contribution < 1.29 is 25.3 Å². The second-order valence-corrected chi connectivity index (χ2v) is 7.11. The number of aliphatic hydroxyl groups excluding tert-OH is 2. The molecule has 0 aromatic heterocycles.